The average Bonchev–Trinajstić information content (AvgIpc) is 2.77. The third-order valence-electron chi connectivity index (χ3n) is 2.04. The van der Waals surface area contributed by atoms with E-state index in [2.05, 4.69) is 15.3 Å². The third kappa shape index (κ3) is 2.90. The van der Waals surface area contributed by atoms with Gasteiger partial charge in [-0.05, 0) is 12.1 Å². The van der Waals surface area contributed by atoms with E-state index >= 15 is 0 Å². The zero-order valence-electron chi connectivity index (χ0n) is 8.91. The van der Waals surface area contributed by atoms with Gasteiger partial charge in [-0.1, -0.05) is 0 Å². The first kappa shape index (κ1) is 12.2. The van der Waals surface area contributed by atoms with E-state index in [1.54, 1.807) is 12.1 Å². The smallest absolute Gasteiger partial charge is 0.433 e. The highest BCUT2D eigenvalue weighted by Gasteiger charge is 2.33. The number of alkyl halides is 3. The number of nitrogens with one attached hydrogen (secondary N) is 2. The number of rotatable bonds is 3. The predicted molar refractivity (Wildman–Crippen MR) is 55.9 cm³/mol. The Morgan fingerprint density at radius 3 is 2.83 bits per heavy atom. The van der Waals surface area contributed by atoms with Gasteiger partial charge in [0.15, 0.2) is 5.69 Å². The molecule has 2 N–H and O–H groups in total. The fraction of sp³-hybridized carbons (Fsp3) is 0.200. The molecule has 8 heteroatoms. The molecule has 0 aliphatic heterocycles. The van der Waals surface area contributed by atoms with Crippen molar-refractivity contribution in [3.8, 4) is 0 Å². The summed E-state index contributed by atoms with van der Waals surface area (Å²) in [7, 11) is 0. The topological polar surface area (TPSA) is 70.9 Å². The summed E-state index contributed by atoms with van der Waals surface area (Å²) in [6.45, 7) is 0.122. The van der Waals surface area contributed by atoms with E-state index in [0.717, 1.165) is 0 Å². The SMILES string of the molecule is O=c1cc(C(F)(F)F)nc(NCc2ccco2)[nH]1. The van der Waals surface area contributed by atoms with Gasteiger partial charge in [0.1, 0.15) is 5.76 Å². The molecule has 0 aliphatic rings. The summed E-state index contributed by atoms with van der Waals surface area (Å²) >= 11 is 0. The maximum Gasteiger partial charge on any atom is 0.433 e. The number of nitrogens with zero attached hydrogens (tertiary/aromatic N) is 1. The van der Waals surface area contributed by atoms with Crippen molar-refractivity contribution in [2.24, 2.45) is 0 Å². The Kier molecular flexibility index (Phi) is 3.09. The number of anilines is 1. The highest BCUT2D eigenvalue weighted by atomic mass is 19.4. The summed E-state index contributed by atoms with van der Waals surface area (Å²) in [5.41, 5.74) is -2.12. The lowest BCUT2D eigenvalue weighted by Crippen LogP contribution is -2.18. The molecule has 0 aliphatic carbocycles. The number of furan rings is 1. The van der Waals surface area contributed by atoms with E-state index in [1.807, 2.05) is 0 Å². The molecular weight excluding hydrogens is 251 g/mol. The molecule has 2 aromatic rings. The van der Waals surface area contributed by atoms with Crippen molar-refractivity contribution in [1.82, 2.24) is 9.97 Å². The molecule has 0 atom stereocenters. The number of halogens is 3. The lowest BCUT2D eigenvalue weighted by molar-refractivity contribution is -0.141. The fourth-order valence-corrected chi connectivity index (χ4v) is 1.27. The maximum atomic E-state index is 12.4. The quantitative estimate of drug-likeness (QED) is 0.884. The van der Waals surface area contributed by atoms with Gasteiger partial charge in [-0.3, -0.25) is 9.78 Å². The van der Waals surface area contributed by atoms with E-state index in [4.69, 9.17) is 4.42 Å². The molecule has 2 heterocycles. The first-order chi connectivity index (χ1) is 8.45. The van der Waals surface area contributed by atoms with E-state index in [0.29, 0.717) is 11.8 Å². The van der Waals surface area contributed by atoms with Gasteiger partial charge in [0.25, 0.3) is 5.56 Å². The number of hydrogen-bond donors (Lipinski definition) is 2. The monoisotopic (exact) mass is 259 g/mol. The molecular formula is C10H8F3N3O2. The summed E-state index contributed by atoms with van der Waals surface area (Å²) in [4.78, 5) is 16.5. The molecule has 0 amide bonds. The van der Waals surface area contributed by atoms with Crippen molar-refractivity contribution in [2.75, 3.05) is 5.32 Å². The second kappa shape index (κ2) is 4.55. The van der Waals surface area contributed by atoms with Crippen LogP contribution in [0.25, 0.3) is 0 Å². The minimum atomic E-state index is -4.66. The number of aromatic amines is 1. The van der Waals surface area contributed by atoms with Crippen LogP contribution in [0.1, 0.15) is 11.5 Å². The molecule has 0 unspecified atom stereocenters. The molecule has 0 spiro atoms. The van der Waals surface area contributed by atoms with E-state index in [9.17, 15) is 18.0 Å². The molecule has 18 heavy (non-hydrogen) atoms. The van der Waals surface area contributed by atoms with E-state index in [-0.39, 0.29) is 12.5 Å². The van der Waals surface area contributed by atoms with Crippen LogP contribution in [0.5, 0.6) is 0 Å². The van der Waals surface area contributed by atoms with Crippen LogP contribution >= 0.6 is 0 Å². The average molecular weight is 259 g/mol. The Labute approximate surface area is 98.7 Å². The normalized spacial score (nSPS) is 11.5. The van der Waals surface area contributed by atoms with Crippen LogP contribution in [0.2, 0.25) is 0 Å². The molecule has 0 fully saturated rings. The van der Waals surface area contributed by atoms with Crippen molar-refractivity contribution in [3.05, 3.63) is 46.3 Å². The van der Waals surface area contributed by atoms with Crippen LogP contribution in [-0.4, -0.2) is 9.97 Å². The molecule has 0 bridgehead atoms. The Bertz CT molecular complexity index is 575. The second-order valence-electron chi connectivity index (χ2n) is 3.41. The van der Waals surface area contributed by atoms with Crippen molar-refractivity contribution in [1.29, 1.82) is 0 Å². The predicted octanol–water partition coefficient (Wildman–Crippen LogP) is 1.99. The van der Waals surface area contributed by atoms with Gasteiger partial charge in [0, 0.05) is 6.07 Å². The summed E-state index contributed by atoms with van der Waals surface area (Å²) in [6.07, 6.45) is -3.23. The largest absolute Gasteiger partial charge is 0.467 e. The summed E-state index contributed by atoms with van der Waals surface area (Å²) in [5, 5.41) is 2.54. The van der Waals surface area contributed by atoms with Crippen LogP contribution in [0.4, 0.5) is 19.1 Å². The van der Waals surface area contributed by atoms with Crippen molar-refractivity contribution < 1.29 is 17.6 Å². The maximum absolute atomic E-state index is 12.4. The highest BCUT2D eigenvalue weighted by Crippen LogP contribution is 2.26. The van der Waals surface area contributed by atoms with Gasteiger partial charge in [-0.25, -0.2) is 4.98 Å². The minimum absolute atomic E-state index is 0.122. The molecule has 0 saturated heterocycles. The molecule has 5 nitrogen and oxygen atoms in total. The van der Waals surface area contributed by atoms with Crippen LogP contribution in [-0.2, 0) is 12.7 Å². The third-order valence-corrected chi connectivity index (χ3v) is 2.04. The molecule has 0 saturated carbocycles. The molecule has 96 valence electrons. The van der Waals surface area contributed by atoms with Crippen LogP contribution < -0.4 is 10.9 Å². The Morgan fingerprint density at radius 1 is 1.44 bits per heavy atom. The van der Waals surface area contributed by atoms with E-state index in [1.165, 1.54) is 6.26 Å². The highest BCUT2D eigenvalue weighted by molar-refractivity contribution is 5.26. The van der Waals surface area contributed by atoms with Crippen LogP contribution in [0.3, 0.4) is 0 Å². The van der Waals surface area contributed by atoms with Gasteiger partial charge < -0.3 is 9.73 Å². The Hall–Kier alpha value is -2.25. The van der Waals surface area contributed by atoms with Gasteiger partial charge in [0.05, 0.1) is 12.8 Å². The number of H-pyrrole nitrogens is 1. The summed E-state index contributed by atoms with van der Waals surface area (Å²) in [6, 6.07) is 3.68. The number of aromatic nitrogens is 2. The van der Waals surface area contributed by atoms with Crippen molar-refractivity contribution >= 4 is 5.95 Å². The molecule has 2 aromatic heterocycles. The van der Waals surface area contributed by atoms with Gasteiger partial charge in [-0.15, -0.1) is 0 Å². The molecule has 2 rings (SSSR count). The number of hydrogen-bond acceptors (Lipinski definition) is 4. The Balaban J connectivity index is 2.18. The van der Waals surface area contributed by atoms with Crippen molar-refractivity contribution in [3.63, 3.8) is 0 Å². The van der Waals surface area contributed by atoms with Crippen molar-refractivity contribution in [2.45, 2.75) is 12.7 Å². The Morgan fingerprint density at radius 2 is 2.22 bits per heavy atom. The van der Waals surface area contributed by atoms with Crippen LogP contribution in [0, 0.1) is 0 Å². The van der Waals surface area contributed by atoms with E-state index < -0.39 is 17.4 Å². The standard InChI is InChI=1S/C10H8F3N3O2/c11-10(12,13)7-4-8(17)16-9(15-7)14-5-6-2-1-3-18-6/h1-4H,5H2,(H2,14,15,16,17). The lowest BCUT2D eigenvalue weighted by Gasteiger charge is -2.08. The van der Waals surface area contributed by atoms with Gasteiger partial charge in [-0.2, -0.15) is 13.2 Å². The van der Waals surface area contributed by atoms with Crippen LogP contribution in [0.15, 0.2) is 33.7 Å². The first-order valence-corrected chi connectivity index (χ1v) is 4.90. The summed E-state index contributed by atoms with van der Waals surface area (Å²) < 4.78 is 42.2. The summed E-state index contributed by atoms with van der Waals surface area (Å²) in [5.74, 6) is 0.251. The van der Waals surface area contributed by atoms with Gasteiger partial charge in [0.2, 0.25) is 5.95 Å². The zero-order chi connectivity index (χ0) is 13.2. The zero-order valence-corrected chi connectivity index (χ0v) is 8.91. The first-order valence-electron chi connectivity index (χ1n) is 4.90. The minimum Gasteiger partial charge on any atom is -0.467 e. The fourth-order valence-electron chi connectivity index (χ4n) is 1.27. The molecule has 0 radical (unpaired) electrons. The molecule has 0 aromatic carbocycles. The van der Waals surface area contributed by atoms with Gasteiger partial charge >= 0.3 is 6.18 Å². The lowest BCUT2D eigenvalue weighted by atomic mass is 10.4. The second-order valence-corrected chi connectivity index (χ2v) is 3.41.